The van der Waals surface area contributed by atoms with Gasteiger partial charge in [-0.1, -0.05) is 38.1 Å². The molecule has 7 heteroatoms. The van der Waals surface area contributed by atoms with Gasteiger partial charge >= 0.3 is 5.97 Å². The molecule has 0 fully saturated rings. The number of nitrogens with zero attached hydrogens (tertiary/aromatic N) is 2. The third kappa shape index (κ3) is 4.94. The highest BCUT2D eigenvalue weighted by Crippen LogP contribution is 2.28. The van der Waals surface area contributed by atoms with E-state index in [1.54, 1.807) is 31.1 Å². The van der Waals surface area contributed by atoms with Crippen molar-refractivity contribution in [3.63, 3.8) is 0 Å². The summed E-state index contributed by atoms with van der Waals surface area (Å²) >= 11 is 0. The molecule has 0 spiro atoms. The zero-order chi connectivity index (χ0) is 20.8. The summed E-state index contributed by atoms with van der Waals surface area (Å²) in [7, 11) is 3.34. The van der Waals surface area contributed by atoms with Crippen molar-refractivity contribution in [3.05, 3.63) is 69.3 Å². The third-order valence-electron chi connectivity index (χ3n) is 4.64. The molecule has 0 aliphatic heterocycles. The van der Waals surface area contributed by atoms with Crippen LogP contribution in [0.2, 0.25) is 0 Å². The van der Waals surface area contributed by atoms with Crippen molar-refractivity contribution in [2.45, 2.75) is 26.2 Å². The lowest BCUT2D eigenvalue weighted by Gasteiger charge is -2.13. The van der Waals surface area contributed by atoms with Gasteiger partial charge in [-0.3, -0.25) is 14.9 Å². The second kappa shape index (κ2) is 9.12. The van der Waals surface area contributed by atoms with Gasteiger partial charge in [-0.2, -0.15) is 0 Å². The summed E-state index contributed by atoms with van der Waals surface area (Å²) in [5.74, 6) is -0.704. The van der Waals surface area contributed by atoms with Gasteiger partial charge in [-0.05, 0) is 30.0 Å². The average Bonchev–Trinajstić information content (AvgIpc) is 2.70. The van der Waals surface area contributed by atoms with E-state index in [1.165, 1.54) is 12.1 Å². The van der Waals surface area contributed by atoms with Crippen LogP contribution in [-0.2, 0) is 4.74 Å². The molecule has 28 heavy (non-hydrogen) atoms. The molecule has 1 atom stereocenters. The van der Waals surface area contributed by atoms with Crippen LogP contribution >= 0.6 is 0 Å². The highest BCUT2D eigenvalue weighted by molar-refractivity contribution is 5.99. The molecule has 0 aliphatic carbocycles. The molecule has 0 bridgehead atoms. The first-order valence-electron chi connectivity index (χ1n) is 9.00. The molecule has 0 saturated heterocycles. The second-order valence-electron chi connectivity index (χ2n) is 6.79. The minimum atomic E-state index is -0.780. The highest BCUT2D eigenvalue weighted by atomic mass is 16.6. The standard InChI is InChI=1S/C21H24N2O5/c1-5-14(2)15-6-8-16(9-7-15)20(24)13-28-21(25)17-10-11-18(22(3)4)19(12-17)23(26)27/h6-12,14H,5,13H2,1-4H3/t14-/m0/s1. The van der Waals surface area contributed by atoms with Gasteiger partial charge in [-0.15, -0.1) is 0 Å². The second-order valence-corrected chi connectivity index (χ2v) is 6.79. The van der Waals surface area contributed by atoms with E-state index in [0.717, 1.165) is 18.1 Å². The number of esters is 1. The van der Waals surface area contributed by atoms with E-state index < -0.39 is 17.5 Å². The number of rotatable bonds is 8. The number of nitro benzene ring substituents is 1. The summed E-state index contributed by atoms with van der Waals surface area (Å²) < 4.78 is 5.05. The van der Waals surface area contributed by atoms with Gasteiger partial charge in [0.1, 0.15) is 5.69 Å². The fourth-order valence-electron chi connectivity index (χ4n) is 2.71. The Kier molecular flexibility index (Phi) is 6.87. The number of nitro groups is 1. The molecular weight excluding hydrogens is 360 g/mol. The molecule has 0 radical (unpaired) electrons. The number of hydrogen-bond donors (Lipinski definition) is 0. The van der Waals surface area contributed by atoms with Gasteiger partial charge < -0.3 is 9.64 Å². The van der Waals surface area contributed by atoms with Crippen LogP contribution in [0, 0.1) is 10.1 Å². The van der Waals surface area contributed by atoms with Gasteiger partial charge in [0.25, 0.3) is 5.69 Å². The van der Waals surface area contributed by atoms with Crippen LogP contribution in [0.15, 0.2) is 42.5 Å². The molecule has 0 heterocycles. The molecule has 0 aliphatic rings. The van der Waals surface area contributed by atoms with Crippen molar-refractivity contribution in [3.8, 4) is 0 Å². The van der Waals surface area contributed by atoms with E-state index in [2.05, 4.69) is 13.8 Å². The van der Waals surface area contributed by atoms with Gasteiger partial charge in [0.15, 0.2) is 12.4 Å². The predicted molar refractivity (Wildman–Crippen MR) is 107 cm³/mol. The van der Waals surface area contributed by atoms with Crippen LogP contribution in [0.5, 0.6) is 0 Å². The van der Waals surface area contributed by atoms with E-state index in [9.17, 15) is 19.7 Å². The number of carbonyl (C=O) groups is 2. The maximum absolute atomic E-state index is 12.3. The first-order chi connectivity index (χ1) is 13.2. The van der Waals surface area contributed by atoms with Gasteiger partial charge in [-0.25, -0.2) is 4.79 Å². The van der Waals surface area contributed by atoms with Crippen LogP contribution in [0.4, 0.5) is 11.4 Å². The fourth-order valence-corrected chi connectivity index (χ4v) is 2.71. The summed E-state index contributed by atoms with van der Waals surface area (Å²) in [4.78, 5) is 36.7. The number of Topliss-reactive ketones (excluding diaryl/α,β-unsaturated/α-hetero) is 1. The topological polar surface area (TPSA) is 89.8 Å². The Morgan fingerprint density at radius 1 is 1.11 bits per heavy atom. The molecule has 7 nitrogen and oxygen atoms in total. The van der Waals surface area contributed by atoms with Gasteiger partial charge in [0, 0.05) is 25.7 Å². The van der Waals surface area contributed by atoms with Crippen LogP contribution in [0.1, 0.15) is 52.5 Å². The SMILES string of the molecule is CC[C@H](C)c1ccc(C(=O)COC(=O)c2ccc(N(C)C)c([N+](=O)[O-])c2)cc1. The lowest BCUT2D eigenvalue weighted by molar-refractivity contribution is -0.384. The van der Waals surface area contributed by atoms with Gasteiger partial charge in [0.05, 0.1) is 10.5 Å². The number of benzene rings is 2. The summed E-state index contributed by atoms with van der Waals surface area (Å²) in [6.45, 7) is 3.78. The monoisotopic (exact) mass is 384 g/mol. The number of carbonyl (C=O) groups excluding carboxylic acids is 2. The number of ether oxygens (including phenoxy) is 1. The Bertz CT molecular complexity index is 875. The zero-order valence-corrected chi connectivity index (χ0v) is 16.5. The molecule has 2 aromatic rings. The number of ketones is 1. The van der Waals surface area contributed by atoms with E-state index in [4.69, 9.17) is 4.74 Å². The van der Waals surface area contributed by atoms with Crippen LogP contribution < -0.4 is 4.90 Å². The lowest BCUT2D eigenvalue weighted by atomic mass is 9.97. The minimum absolute atomic E-state index is 0.0252. The summed E-state index contributed by atoms with van der Waals surface area (Å²) in [6.07, 6.45) is 1.00. The summed E-state index contributed by atoms with van der Waals surface area (Å²) in [5.41, 5.74) is 1.79. The minimum Gasteiger partial charge on any atom is -0.454 e. The fraction of sp³-hybridized carbons (Fsp3) is 0.333. The molecule has 0 unspecified atom stereocenters. The molecule has 0 N–H and O–H groups in total. The van der Waals surface area contributed by atoms with Gasteiger partial charge in [0.2, 0.25) is 0 Å². The predicted octanol–water partition coefficient (Wildman–Crippen LogP) is 4.21. The van der Waals surface area contributed by atoms with Crippen molar-refractivity contribution >= 4 is 23.1 Å². The molecule has 2 aromatic carbocycles. The van der Waals surface area contributed by atoms with Crippen molar-refractivity contribution in [2.24, 2.45) is 0 Å². The largest absolute Gasteiger partial charge is 0.454 e. The highest BCUT2D eigenvalue weighted by Gasteiger charge is 2.20. The summed E-state index contributed by atoms with van der Waals surface area (Å²) in [5, 5.41) is 11.2. The first-order valence-corrected chi connectivity index (χ1v) is 9.00. The smallest absolute Gasteiger partial charge is 0.338 e. The molecule has 0 amide bonds. The van der Waals surface area contributed by atoms with Crippen LogP contribution in [0.3, 0.4) is 0 Å². The average molecular weight is 384 g/mol. The number of anilines is 1. The van der Waals surface area contributed by atoms with Crippen LogP contribution in [-0.4, -0.2) is 37.4 Å². The Morgan fingerprint density at radius 2 is 1.71 bits per heavy atom. The van der Waals surface area contributed by atoms with E-state index >= 15 is 0 Å². The Morgan fingerprint density at radius 3 is 2.25 bits per heavy atom. The van der Waals surface area contributed by atoms with Crippen LogP contribution in [0.25, 0.3) is 0 Å². The number of hydrogen-bond acceptors (Lipinski definition) is 6. The van der Waals surface area contributed by atoms with Crippen molar-refractivity contribution < 1.29 is 19.2 Å². The summed E-state index contributed by atoms with van der Waals surface area (Å²) in [6, 6.07) is 11.3. The Labute approximate surface area is 164 Å². The van der Waals surface area contributed by atoms with Crippen molar-refractivity contribution in [1.29, 1.82) is 0 Å². The molecular formula is C21H24N2O5. The molecule has 2 rings (SSSR count). The van der Waals surface area contributed by atoms with E-state index in [1.807, 2.05) is 12.1 Å². The Hall–Kier alpha value is -3.22. The zero-order valence-electron chi connectivity index (χ0n) is 16.5. The maximum Gasteiger partial charge on any atom is 0.338 e. The quantitative estimate of drug-likeness (QED) is 0.293. The molecule has 0 saturated carbocycles. The Balaban J connectivity index is 2.06. The van der Waals surface area contributed by atoms with Crippen molar-refractivity contribution in [2.75, 3.05) is 25.6 Å². The third-order valence-corrected chi connectivity index (χ3v) is 4.64. The van der Waals surface area contributed by atoms with E-state index in [-0.39, 0.29) is 17.0 Å². The molecule has 148 valence electrons. The van der Waals surface area contributed by atoms with Crippen molar-refractivity contribution in [1.82, 2.24) is 0 Å². The maximum atomic E-state index is 12.3. The molecule has 0 aromatic heterocycles. The lowest BCUT2D eigenvalue weighted by Crippen LogP contribution is -2.15. The van der Waals surface area contributed by atoms with E-state index in [0.29, 0.717) is 17.2 Å². The normalized spacial score (nSPS) is 11.6. The first kappa shape index (κ1) is 21.1.